The Labute approximate surface area is 179 Å². The molecule has 0 saturated heterocycles. The summed E-state index contributed by atoms with van der Waals surface area (Å²) in [6.45, 7) is -0.443. The first kappa shape index (κ1) is 19.1. The Hall–Kier alpha value is -3.85. The van der Waals surface area contributed by atoms with Crippen LogP contribution < -0.4 is 4.90 Å². The molecule has 3 amide bonds. The van der Waals surface area contributed by atoms with Crippen LogP contribution in [0.25, 0.3) is 10.2 Å². The number of para-hydroxylation sites is 1. The summed E-state index contributed by atoms with van der Waals surface area (Å²) in [6.07, 6.45) is 1.47. The van der Waals surface area contributed by atoms with Gasteiger partial charge >= 0.3 is 0 Å². The number of fused-ring (bicyclic) bond motifs is 2. The zero-order chi connectivity index (χ0) is 21.5. The van der Waals surface area contributed by atoms with Gasteiger partial charge in [0.05, 0.1) is 28.6 Å². The maximum Gasteiger partial charge on any atom is 0.262 e. The van der Waals surface area contributed by atoms with Crippen LogP contribution in [-0.4, -0.2) is 34.2 Å². The van der Waals surface area contributed by atoms with Crippen molar-refractivity contribution in [2.75, 3.05) is 11.4 Å². The van der Waals surface area contributed by atoms with Crippen molar-refractivity contribution in [3.05, 3.63) is 83.6 Å². The first-order valence-electron chi connectivity index (χ1n) is 9.36. The maximum atomic E-state index is 14.1. The highest BCUT2D eigenvalue weighted by Gasteiger charge is 2.37. The zero-order valence-electron chi connectivity index (χ0n) is 15.9. The number of aromatic nitrogens is 1. The summed E-state index contributed by atoms with van der Waals surface area (Å²) < 4.78 is 20.1. The number of thiazole rings is 1. The van der Waals surface area contributed by atoms with Crippen LogP contribution in [0.3, 0.4) is 0 Å². The molecule has 2 aromatic heterocycles. The van der Waals surface area contributed by atoms with E-state index in [9.17, 15) is 18.8 Å². The van der Waals surface area contributed by atoms with Crippen molar-refractivity contribution in [2.45, 2.75) is 6.54 Å². The number of benzene rings is 2. The summed E-state index contributed by atoms with van der Waals surface area (Å²) in [5.41, 5.74) is 0.681. The molecule has 0 unspecified atom stereocenters. The molecule has 5 rings (SSSR count). The van der Waals surface area contributed by atoms with Gasteiger partial charge in [-0.3, -0.25) is 24.2 Å². The third-order valence-corrected chi connectivity index (χ3v) is 6.00. The summed E-state index contributed by atoms with van der Waals surface area (Å²) in [5.74, 6) is -1.60. The highest BCUT2D eigenvalue weighted by molar-refractivity contribution is 7.22. The molecule has 0 N–H and O–H groups in total. The Morgan fingerprint density at radius 1 is 1.03 bits per heavy atom. The predicted molar refractivity (Wildman–Crippen MR) is 111 cm³/mol. The highest BCUT2D eigenvalue weighted by atomic mass is 32.1. The van der Waals surface area contributed by atoms with Gasteiger partial charge in [0.1, 0.15) is 23.6 Å². The Kier molecular flexibility index (Phi) is 4.59. The quantitative estimate of drug-likeness (QED) is 0.445. The van der Waals surface area contributed by atoms with Crippen molar-refractivity contribution < 1.29 is 23.2 Å². The lowest BCUT2D eigenvalue weighted by molar-refractivity contribution is -0.119. The number of carbonyl (C=O) groups excluding carboxylic acids is 3. The highest BCUT2D eigenvalue weighted by Crippen LogP contribution is 2.32. The van der Waals surface area contributed by atoms with E-state index in [-0.39, 0.29) is 28.3 Å². The molecule has 0 aliphatic carbocycles. The summed E-state index contributed by atoms with van der Waals surface area (Å²) in [7, 11) is 0. The molecule has 0 bridgehead atoms. The van der Waals surface area contributed by atoms with Crippen molar-refractivity contribution in [3.63, 3.8) is 0 Å². The fourth-order valence-electron chi connectivity index (χ4n) is 3.44. The molecular weight excluding hydrogens is 421 g/mol. The molecule has 1 aliphatic heterocycles. The SMILES string of the molecule is O=C1c2ccccc2C(=O)N1CC(=O)N(Cc1ccco1)c1nc2c(F)cccc2s1. The number of imide groups is 1. The lowest BCUT2D eigenvalue weighted by Crippen LogP contribution is -2.42. The molecule has 154 valence electrons. The number of rotatable bonds is 5. The second kappa shape index (κ2) is 7.44. The van der Waals surface area contributed by atoms with E-state index in [1.807, 2.05) is 0 Å². The van der Waals surface area contributed by atoms with Crippen LogP contribution in [0, 0.1) is 5.82 Å². The number of hydrogen-bond donors (Lipinski definition) is 0. The molecule has 0 radical (unpaired) electrons. The van der Waals surface area contributed by atoms with Crippen LogP contribution in [0.15, 0.2) is 65.3 Å². The molecule has 3 heterocycles. The normalized spacial score (nSPS) is 13.1. The van der Waals surface area contributed by atoms with Gasteiger partial charge in [0.2, 0.25) is 5.91 Å². The van der Waals surface area contributed by atoms with Crippen LogP contribution in [-0.2, 0) is 11.3 Å². The topological polar surface area (TPSA) is 83.7 Å². The lowest BCUT2D eigenvalue weighted by atomic mass is 10.1. The molecule has 0 spiro atoms. The van der Waals surface area contributed by atoms with E-state index in [1.165, 1.54) is 17.2 Å². The smallest absolute Gasteiger partial charge is 0.262 e. The van der Waals surface area contributed by atoms with E-state index in [1.54, 1.807) is 48.5 Å². The van der Waals surface area contributed by atoms with Crippen LogP contribution >= 0.6 is 11.3 Å². The minimum absolute atomic E-state index is 0.0242. The van der Waals surface area contributed by atoms with Crippen molar-refractivity contribution in [1.82, 2.24) is 9.88 Å². The second-order valence-corrected chi connectivity index (χ2v) is 7.89. The van der Waals surface area contributed by atoms with E-state index in [0.717, 1.165) is 16.2 Å². The molecule has 31 heavy (non-hydrogen) atoms. The fourth-order valence-corrected chi connectivity index (χ4v) is 4.44. The predicted octanol–water partition coefficient (Wildman–Crippen LogP) is 3.86. The molecule has 4 aromatic rings. The van der Waals surface area contributed by atoms with Gasteiger partial charge in [-0.15, -0.1) is 0 Å². The van der Waals surface area contributed by atoms with E-state index >= 15 is 0 Å². The number of nitrogens with zero attached hydrogens (tertiary/aromatic N) is 3. The summed E-state index contributed by atoms with van der Waals surface area (Å²) >= 11 is 1.14. The maximum absolute atomic E-state index is 14.1. The Morgan fingerprint density at radius 3 is 2.42 bits per heavy atom. The van der Waals surface area contributed by atoms with E-state index in [0.29, 0.717) is 10.5 Å². The summed E-state index contributed by atoms with van der Waals surface area (Å²) in [5, 5.41) is 0.248. The van der Waals surface area contributed by atoms with Gasteiger partial charge in [0, 0.05) is 0 Å². The number of anilines is 1. The monoisotopic (exact) mass is 435 g/mol. The minimum Gasteiger partial charge on any atom is -0.467 e. The van der Waals surface area contributed by atoms with Crippen molar-refractivity contribution >= 4 is 44.4 Å². The summed E-state index contributed by atoms with van der Waals surface area (Å²) in [4.78, 5) is 45.1. The van der Waals surface area contributed by atoms with Gasteiger partial charge in [0.25, 0.3) is 11.8 Å². The Bertz CT molecular complexity index is 1300. The number of carbonyl (C=O) groups is 3. The minimum atomic E-state index is -0.537. The standard InChI is InChI=1S/C22H14FN3O4S/c23-16-8-3-9-17-19(16)24-22(31-17)25(11-13-5-4-10-30-13)18(27)12-26-20(28)14-6-1-2-7-15(14)21(26)29/h1-10H,11-12H2. The molecule has 1 aliphatic rings. The van der Waals surface area contributed by atoms with Gasteiger partial charge < -0.3 is 4.42 Å². The molecule has 0 atom stereocenters. The van der Waals surface area contributed by atoms with Crippen molar-refractivity contribution in [1.29, 1.82) is 0 Å². The Morgan fingerprint density at radius 2 is 1.77 bits per heavy atom. The van der Waals surface area contributed by atoms with Crippen LogP contribution in [0.4, 0.5) is 9.52 Å². The van der Waals surface area contributed by atoms with Gasteiger partial charge in [-0.05, 0) is 36.4 Å². The number of hydrogen-bond acceptors (Lipinski definition) is 6. The fraction of sp³-hybridized carbons (Fsp3) is 0.0909. The second-order valence-electron chi connectivity index (χ2n) is 6.88. The van der Waals surface area contributed by atoms with Crippen LogP contribution in [0.1, 0.15) is 26.5 Å². The lowest BCUT2D eigenvalue weighted by Gasteiger charge is -2.21. The van der Waals surface area contributed by atoms with E-state index < -0.39 is 30.1 Å². The van der Waals surface area contributed by atoms with Gasteiger partial charge in [-0.25, -0.2) is 9.37 Å². The van der Waals surface area contributed by atoms with Gasteiger partial charge in [0.15, 0.2) is 5.13 Å². The van der Waals surface area contributed by atoms with Gasteiger partial charge in [-0.2, -0.15) is 0 Å². The number of halogens is 1. The largest absolute Gasteiger partial charge is 0.467 e. The third-order valence-electron chi connectivity index (χ3n) is 4.96. The average molecular weight is 435 g/mol. The number of furan rings is 1. The molecule has 0 saturated carbocycles. The first-order valence-corrected chi connectivity index (χ1v) is 10.2. The first-order chi connectivity index (χ1) is 15.0. The summed E-state index contributed by atoms with van der Waals surface area (Å²) in [6, 6.07) is 14.4. The number of amides is 3. The molecule has 2 aromatic carbocycles. The molecule has 9 heteroatoms. The molecular formula is C22H14FN3O4S. The molecule has 0 fully saturated rings. The van der Waals surface area contributed by atoms with E-state index in [4.69, 9.17) is 4.42 Å². The molecule has 7 nitrogen and oxygen atoms in total. The van der Waals surface area contributed by atoms with Gasteiger partial charge in [-0.1, -0.05) is 29.5 Å². The van der Waals surface area contributed by atoms with Crippen LogP contribution in [0.5, 0.6) is 0 Å². The van der Waals surface area contributed by atoms with Crippen LogP contribution in [0.2, 0.25) is 0 Å². The average Bonchev–Trinajstić information content (AvgIpc) is 3.49. The van der Waals surface area contributed by atoms with Crippen molar-refractivity contribution in [3.8, 4) is 0 Å². The zero-order valence-corrected chi connectivity index (χ0v) is 16.8. The van der Waals surface area contributed by atoms with Crippen molar-refractivity contribution in [2.24, 2.45) is 0 Å². The third kappa shape index (κ3) is 3.28. The Balaban J connectivity index is 1.48. The van der Waals surface area contributed by atoms with E-state index in [2.05, 4.69) is 4.98 Å².